The molecule has 0 aliphatic heterocycles. The fraction of sp³-hybridized carbons (Fsp3) is 0.214. The number of hydrogen-bond donors (Lipinski definition) is 2. The molecule has 0 radical (unpaired) electrons. The summed E-state index contributed by atoms with van der Waals surface area (Å²) in [7, 11) is 0. The quantitative estimate of drug-likeness (QED) is 0.852. The van der Waals surface area contributed by atoms with Crippen LogP contribution < -0.4 is 5.32 Å². The van der Waals surface area contributed by atoms with Crippen LogP contribution in [0, 0.1) is 24.4 Å². The lowest BCUT2D eigenvalue weighted by Crippen LogP contribution is -2.31. The molecule has 0 aliphatic rings. The highest BCUT2D eigenvalue weighted by atomic mass is 32.1. The molecule has 0 saturated carbocycles. The van der Waals surface area contributed by atoms with Crippen LogP contribution in [0.15, 0.2) is 22.9 Å². The highest BCUT2D eigenvalue weighted by Crippen LogP contribution is 2.21. The topological polar surface area (TPSA) is 49.3 Å². The predicted molar refractivity (Wildman–Crippen MR) is 72.7 cm³/mol. The van der Waals surface area contributed by atoms with Gasteiger partial charge in [-0.3, -0.25) is 4.79 Å². The molecule has 0 spiro atoms. The van der Waals surface area contributed by atoms with Gasteiger partial charge >= 0.3 is 0 Å². The molecule has 2 rings (SSSR count). The molecule has 112 valence electrons. The van der Waals surface area contributed by atoms with Crippen molar-refractivity contribution < 1.29 is 23.1 Å². The molecule has 3 nitrogen and oxygen atoms in total. The fourth-order valence-electron chi connectivity index (χ4n) is 1.84. The van der Waals surface area contributed by atoms with Gasteiger partial charge in [0.2, 0.25) is 0 Å². The summed E-state index contributed by atoms with van der Waals surface area (Å²) in [5.41, 5.74) is 1.13. The lowest BCUT2D eigenvalue weighted by atomic mass is 10.1. The molecular formula is C14H12F3NO2S. The van der Waals surface area contributed by atoms with Gasteiger partial charge in [-0.1, -0.05) is 0 Å². The molecule has 1 unspecified atom stereocenters. The summed E-state index contributed by atoms with van der Waals surface area (Å²) < 4.78 is 39.3. The molecule has 21 heavy (non-hydrogen) atoms. The lowest BCUT2D eigenvalue weighted by Gasteiger charge is -2.17. The van der Waals surface area contributed by atoms with Gasteiger partial charge in [0.15, 0.2) is 17.5 Å². The van der Waals surface area contributed by atoms with E-state index in [1.165, 1.54) is 11.3 Å². The van der Waals surface area contributed by atoms with Gasteiger partial charge in [0.25, 0.3) is 5.91 Å². The van der Waals surface area contributed by atoms with E-state index >= 15 is 0 Å². The largest absolute Gasteiger partial charge is 0.394 e. The predicted octanol–water partition coefficient (Wildman–Crippen LogP) is 2.94. The van der Waals surface area contributed by atoms with Crippen LogP contribution in [0.2, 0.25) is 0 Å². The molecule has 0 aliphatic carbocycles. The van der Waals surface area contributed by atoms with Crippen molar-refractivity contribution in [2.45, 2.75) is 13.0 Å². The second-order valence-electron chi connectivity index (χ2n) is 4.48. The van der Waals surface area contributed by atoms with Gasteiger partial charge < -0.3 is 10.4 Å². The SMILES string of the molecule is Cc1cscc1C(=O)NC(CO)c1cc(F)c(F)c(F)c1. The summed E-state index contributed by atoms with van der Waals surface area (Å²) in [6.07, 6.45) is 0. The molecule has 1 heterocycles. The monoisotopic (exact) mass is 315 g/mol. The fourth-order valence-corrected chi connectivity index (χ4v) is 2.67. The Morgan fingerprint density at radius 2 is 1.90 bits per heavy atom. The Labute approximate surface area is 123 Å². The van der Waals surface area contributed by atoms with Gasteiger partial charge in [-0.25, -0.2) is 13.2 Å². The van der Waals surface area contributed by atoms with Crippen LogP contribution in [0.5, 0.6) is 0 Å². The average Bonchev–Trinajstić information content (AvgIpc) is 2.87. The molecule has 1 atom stereocenters. The minimum absolute atomic E-state index is 0.0462. The lowest BCUT2D eigenvalue weighted by molar-refractivity contribution is 0.0915. The van der Waals surface area contributed by atoms with Crippen molar-refractivity contribution in [3.05, 3.63) is 57.0 Å². The van der Waals surface area contributed by atoms with Crippen LogP contribution >= 0.6 is 11.3 Å². The van der Waals surface area contributed by atoms with Crippen LogP contribution in [0.25, 0.3) is 0 Å². The van der Waals surface area contributed by atoms with E-state index in [9.17, 15) is 23.1 Å². The van der Waals surface area contributed by atoms with Crippen molar-refractivity contribution >= 4 is 17.2 Å². The summed E-state index contributed by atoms with van der Waals surface area (Å²) in [4.78, 5) is 12.0. The maximum atomic E-state index is 13.2. The number of aliphatic hydroxyl groups is 1. The molecule has 2 N–H and O–H groups in total. The number of amides is 1. The van der Waals surface area contributed by atoms with E-state index in [1.807, 2.05) is 0 Å². The van der Waals surface area contributed by atoms with E-state index in [1.54, 1.807) is 17.7 Å². The van der Waals surface area contributed by atoms with E-state index in [-0.39, 0.29) is 5.56 Å². The second-order valence-corrected chi connectivity index (χ2v) is 5.22. The van der Waals surface area contributed by atoms with E-state index < -0.39 is 36.0 Å². The zero-order valence-corrected chi connectivity index (χ0v) is 11.8. The summed E-state index contributed by atoms with van der Waals surface area (Å²) in [5, 5.41) is 15.2. The molecule has 1 aromatic carbocycles. The Bertz CT molecular complexity index is 649. The first-order valence-corrected chi connectivity index (χ1v) is 6.97. The van der Waals surface area contributed by atoms with E-state index in [2.05, 4.69) is 5.32 Å². The van der Waals surface area contributed by atoms with Gasteiger partial charge in [-0.05, 0) is 35.6 Å². The van der Waals surface area contributed by atoms with E-state index in [4.69, 9.17) is 0 Å². The number of aryl methyl sites for hydroxylation is 1. The Hall–Kier alpha value is -1.86. The minimum atomic E-state index is -1.59. The maximum absolute atomic E-state index is 13.2. The van der Waals surface area contributed by atoms with Gasteiger partial charge in [-0.15, -0.1) is 0 Å². The second kappa shape index (κ2) is 6.28. The first-order valence-electron chi connectivity index (χ1n) is 6.03. The smallest absolute Gasteiger partial charge is 0.252 e. The van der Waals surface area contributed by atoms with Crippen molar-refractivity contribution in [2.75, 3.05) is 6.61 Å². The number of carbonyl (C=O) groups is 1. The number of hydrogen-bond acceptors (Lipinski definition) is 3. The normalized spacial score (nSPS) is 12.2. The van der Waals surface area contributed by atoms with Crippen LogP contribution in [0.1, 0.15) is 27.5 Å². The van der Waals surface area contributed by atoms with Crippen LogP contribution in [0.3, 0.4) is 0 Å². The first-order chi connectivity index (χ1) is 9.93. The number of nitrogens with one attached hydrogen (secondary N) is 1. The van der Waals surface area contributed by atoms with Crippen molar-refractivity contribution in [3.63, 3.8) is 0 Å². The molecule has 0 fully saturated rings. The van der Waals surface area contributed by atoms with Crippen molar-refractivity contribution in [3.8, 4) is 0 Å². The molecule has 0 saturated heterocycles. The maximum Gasteiger partial charge on any atom is 0.252 e. The van der Waals surface area contributed by atoms with Crippen LogP contribution in [-0.4, -0.2) is 17.6 Å². The van der Waals surface area contributed by atoms with Crippen molar-refractivity contribution in [2.24, 2.45) is 0 Å². The van der Waals surface area contributed by atoms with Gasteiger partial charge in [0.1, 0.15) is 0 Å². The molecule has 0 bridgehead atoms. The summed E-state index contributed by atoms with van der Waals surface area (Å²) >= 11 is 1.34. The minimum Gasteiger partial charge on any atom is -0.394 e. The molecule has 7 heteroatoms. The number of thiophene rings is 1. The van der Waals surface area contributed by atoms with Gasteiger partial charge in [0, 0.05) is 5.38 Å². The third kappa shape index (κ3) is 3.25. The van der Waals surface area contributed by atoms with Crippen molar-refractivity contribution in [1.82, 2.24) is 5.32 Å². The van der Waals surface area contributed by atoms with Crippen LogP contribution in [0.4, 0.5) is 13.2 Å². The Kier molecular flexibility index (Phi) is 4.64. The third-order valence-corrected chi connectivity index (χ3v) is 3.86. The van der Waals surface area contributed by atoms with Crippen molar-refractivity contribution in [1.29, 1.82) is 0 Å². The molecular weight excluding hydrogens is 303 g/mol. The average molecular weight is 315 g/mol. The first kappa shape index (κ1) is 15.5. The zero-order chi connectivity index (χ0) is 15.6. The van der Waals surface area contributed by atoms with Gasteiger partial charge in [-0.2, -0.15) is 11.3 Å². The number of halogens is 3. The molecule has 2 aromatic rings. The third-order valence-electron chi connectivity index (χ3n) is 3.00. The highest BCUT2D eigenvalue weighted by Gasteiger charge is 2.20. The number of aliphatic hydroxyl groups excluding tert-OH is 1. The van der Waals surface area contributed by atoms with E-state index in [0.29, 0.717) is 5.56 Å². The Balaban J connectivity index is 2.25. The Morgan fingerprint density at radius 1 is 1.29 bits per heavy atom. The number of carbonyl (C=O) groups excluding carboxylic acids is 1. The molecule has 1 aromatic heterocycles. The summed E-state index contributed by atoms with van der Waals surface area (Å²) in [5.74, 6) is -4.80. The standard InChI is InChI=1S/C14H12F3NO2S/c1-7-5-21-6-9(7)14(20)18-12(4-19)8-2-10(15)13(17)11(16)3-8/h2-3,5-6,12,19H,4H2,1H3,(H,18,20). The van der Waals surface area contributed by atoms with Crippen LogP contribution in [-0.2, 0) is 0 Å². The number of rotatable bonds is 4. The Morgan fingerprint density at radius 3 is 2.38 bits per heavy atom. The van der Waals surface area contributed by atoms with Gasteiger partial charge in [0.05, 0.1) is 18.2 Å². The summed E-state index contributed by atoms with van der Waals surface area (Å²) in [6, 6.07) is 0.474. The summed E-state index contributed by atoms with van der Waals surface area (Å²) in [6.45, 7) is 1.18. The number of benzene rings is 1. The zero-order valence-electron chi connectivity index (χ0n) is 11.0. The molecule has 1 amide bonds. The highest BCUT2D eigenvalue weighted by molar-refractivity contribution is 7.08. The van der Waals surface area contributed by atoms with E-state index in [0.717, 1.165) is 17.7 Å².